The van der Waals surface area contributed by atoms with E-state index < -0.39 is 37.3 Å². The van der Waals surface area contributed by atoms with E-state index in [9.17, 15) is 25.2 Å². The van der Waals surface area contributed by atoms with Crippen molar-refractivity contribution in [2.75, 3.05) is 45.3 Å². The number of aliphatic hydroxyl groups excluding tert-OH is 4. The highest BCUT2D eigenvalue weighted by molar-refractivity contribution is 6.22. The highest BCUT2D eigenvalue weighted by atomic mass is 35.5. The van der Waals surface area contributed by atoms with E-state index >= 15 is 0 Å². The van der Waals surface area contributed by atoms with Crippen LogP contribution in [-0.2, 0) is 4.74 Å². The Bertz CT molecular complexity index is 1690. The molecule has 1 saturated heterocycles. The summed E-state index contributed by atoms with van der Waals surface area (Å²) in [6.45, 7) is 2.97. The van der Waals surface area contributed by atoms with Crippen molar-refractivity contribution >= 4 is 44.9 Å². The molecule has 0 spiro atoms. The van der Waals surface area contributed by atoms with E-state index in [0.29, 0.717) is 41.4 Å². The predicted molar refractivity (Wildman–Crippen MR) is 170 cm³/mol. The van der Waals surface area contributed by atoms with Crippen LogP contribution in [0, 0.1) is 0 Å². The number of halogens is 1. The van der Waals surface area contributed by atoms with Crippen LogP contribution in [0.1, 0.15) is 28.9 Å². The minimum atomic E-state index is -1.60. The molecule has 0 bridgehead atoms. The monoisotopic (exact) mass is 639 g/mol. The number of H-pyrrole nitrogens is 1. The van der Waals surface area contributed by atoms with Gasteiger partial charge in [-0.3, -0.25) is 4.79 Å². The second-order valence-electron chi connectivity index (χ2n) is 12.0. The number of amides is 1. The minimum Gasteiger partial charge on any atom is -0.492 e. The molecule has 45 heavy (non-hydrogen) atoms. The molecule has 3 heterocycles. The van der Waals surface area contributed by atoms with Gasteiger partial charge in [0, 0.05) is 46.7 Å². The van der Waals surface area contributed by atoms with E-state index in [0.717, 1.165) is 28.4 Å². The van der Waals surface area contributed by atoms with Crippen molar-refractivity contribution in [2.24, 2.45) is 0 Å². The molecular formula is C33H38ClN3O8. The molecule has 2 aliphatic heterocycles. The second-order valence-corrected chi connectivity index (χ2v) is 12.6. The molecule has 1 aromatic heterocycles. The molecule has 11 nitrogen and oxygen atoms in total. The van der Waals surface area contributed by atoms with Gasteiger partial charge in [0.2, 0.25) is 6.29 Å². The fourth-order valence-electron chi connectivity index (χ4n) is 6.11. The molecule has 7 atom stereocenters. The topological polar surface area (TPSA) is 148 Å². The van der Waals surface area contributed by atoms with Gasteiger partial charge in [0.05, 0.1) is 12.3 Å². The Morgan fingerprint density at radius 2 is 1.84 bits per heavy atom. The molecule has 5 N–H and O–H groups in total. The first-order chi connectivity index (χ1) is 21.6. The quantitative estimate of drug-likeness (QED) is 0.174. The van der Waals surface area contributed by atoms with Crippen LogP contribution in [0.4, 0.5) is 5.69 Å². The average Bonchev–Trinajstić information content (AvgIpc) is 3.63. The molecule has 1 fully saturated rings. The number of hydrogen-bond donors (Lipinski definition) is 5. The van der Waals surface area contributed by atoms with Crippen molar-refractivity contribution in [3.63, 3.8) is 0 Å². The number of nitrogens with zero attached hydrogens (tertiary/aromatic N) is 2. The number of likely N-dealkylation sites (N-methyl/N-ethyl adjacent to an activating group) is 1. The fraction of sp³-hybridized carbons (Fsp3) is 0.424. The van der Waals surface area contributed by atoms with Crippen molar-refractivity contribution < 1.29 is 39.4 Å². The summed E-state index contributed by atoms with van der Waals surface area (Å²) in [5.41, 5.74) is 2.69. The predicted octanol–water partition coefficient (Wildman–Crippen LogP) is 2.81. The number of ether oxygens (including phenoxy) is 3. The first-order valence-electron chi connectivity index (χ1n) is 15.0. The maximum atomic E-state index is 14.2. The van der Waals surface area contributed by atoms with Crippen LogP contribution in [0.5, 0.6) is 11.5 Å². The van der Waals surface area contributed by atoms with E-state index in [2.05, 4.69) is 4.98 Å². The number of aromatic amines is 1. The van der Waals surface area contributed by atoms with Crippen molar-refractivity contribution in [2.45, 2.75) is 48.9 Å². The fourth-order valence-corrected chi connectivity index (χ4v) is 6.32. The number of nitrogens with one attached hydrogen (secondary N) is 1. The molecule has 0 aliphatic carbocycles. The first kappa shape index (κ1) is 31.6. The number of fused-ring (bicyclic) bond motifs is 4. The third-order valence-electron chi connectivity index (χ3n) is 8.59. The number of carbonyl (C=O) groups is 1. The number of hydrogen-bond acceptors (Lipinski definition) is 9. The number of rotatable bonds is 9. The summed E-state index contributed by atoms with van der Waals surface area (Å²) >= 11 is 6.73. The van der Waals surface area contributed by atoms with Gasteiger partial charge in [-0.15, -0.1) is 11.6 Å². The zero-order chi connectivity index (χ0) is 32.0. The van der Waals surface area contributed by atoms with E-state index in [1.807, 2.05) is 68.4 Å². The molecule has 1 amide bonds. The van der Waals surface area contributed by atoms with Crippen LogP contribution in [0.2, 0.25) is 0 Å². The van der Waals surface area contributed by atoms with Gasteiger partial charge in [0.1, 0.15) is 48.2 Å². The third-order valence-corrected chi connectivity index (χ3v) is 8.89. The number of aromatic nitrogens is 1. The lowest BCUT2D eigenvalue weighted by Crippen LogP contribution is -2.60. The molecule has 240 valence electrons. The smallest absolute Gasteiger partial charge is 0.274 e. The highest BCUT2D eigenvalue weighted by Crippen LogP contribution is 2.48. The summed E-state index contributed by atoms with van der Waals surface area (Å²) in [5.74, 6) is 0.575. The molecule has 4 aromatic rings. The van der Waals surface area contributed by atoms with Gasteiger partial charge in [-0.25, -0.2) is 0 Å². The number of anilines is 1. The normalized spacial score (nSPS) is 25.6. The summed E-state index contributed by atoms with van der Waals surface area (Å²) < 4.78 is 17.7. The minimum absolute atomic E-state index is 0.182. The van der Waals surface area contributed by atoms with Crippen molar-refractivity contribution in [1.82, 2.24) is 9.88 Å². The van der Waals surface area contributed by atoms with E-state index in [1.165, 1.54) is 0 Å². The summed E-state index contributed by atoms with van der Waals surface area (Å²) in [7, 11) is 3.96. The number of alkyl halides is 1. The Morgan fingerprint density at radius 3 is 2.56 bits per heavy atom. The van der Waals surface area contributed by atoms with Gasteiger partial charge in [0.15, 0.2) is 0 Å². The van der Waals surface area contributed by atoms with Crippen molar-refractivity contribution in [3.8, 4) is 11.5 Å². The summed E-state index contributed by atoms with van der Waals surface area (Å²) in [6, 6.07) is 16.7. The number of aliphatic hydroxyl groups is 4. The van der Waals surface area contributed by atoms with E-state index in [1.54, 1.807) is 17.0 Å². The lowest BCUT2D eigenvalue weighted by molar-refractivity contribution is -0.277. The highest BCUT2D eigenvalue weighted by Gasteiger charge is 2.45. The summed E-state index contributed by atoms with van der Waals surface area (Å²) in [6.07, 6.45) is -7.22. The molecule has 0 unspecified atom stereocenters. The molecular weight excluding hydrogens is 602 g/mol. The Balaban J connectivity index is 1.36. The summed E-state index contributed by atoms with van der Waals surface area (Å²) in [5, 5.41) is 43.0. The Morgan fingerprint density at radius 1 is 1.09 bits per heavy atom. The van der Waals surface area contributed by atoms with Crippen LogP contribution in [0.15, 0.2) is 54.6 Å². The Hall–Kier alpha value is -3.42. The van der Waals surface area contributed by atoms with Gasteiger partial charge in [0.25, 0.3) is 5.91 Å². The van der Waals surface area contributed by atoms with Crippen molar-refractivity contribution in [3.05, 3.63) is 65.9 Å². The third kappa shape index (κ3) is 5.97. The Kier molecular flexibility index (Phi) is 8.95. The van der Waals surface area contributed by atoms with Gasteiger partial charge in [-0.1, -0.05) is 24.3 Å². The zero-order valence-corrected chi connectivity index (χ0v) is 26.0. The molecule has 12 heteroatoms. The SMILES string of the molecule is C[C@@H](Cl)[C@@H]1CN(C(=O)c2cc3cc(OCCN(C)C)ccc3[nH]2)c2cc(O[C@H]3O[C@H](CO)[C@@H](O)[C@H](O)[C@H]3O)c3ccccc3c21. The average molecular weight is 640 g/mol. The van der Waals surface area contributed by atoms with Gasteiger partial charge in [-0.2, -0.15) is 0 Å². The van der Waals surface area contributed by atoms with E-state index in [-0.39, 0.29) is 17.2 Å². The maximum absolute atomic E-state index is 14.2. The largest absolute Gasteiger partial charge is 0.492 e. The number of carbonyl (C=O) groups excluding carboxylic acids is 1. The van der Waals surface area contributed by atoms with Gasteiger partial charge in [-0.05, 0) is 56.2 Å². The maximum Gasteiger partial charge on any atom is 0.274 e. The molecule has 2 aliphatic rings. The molecule has 0 saturated carbocycles. The van der Waals surface area contributed by atoms with Crippen LogP contribution in [-0.4, -0.2) is 113 Å². The van der Waals surface area contributed by atoms with Crippen LogP contribution < -0.4 is 14.4 Å². The lowest BCUT2D eigenvalue weighted by Gasteiger charge is -2.39. The van der Waals surface area contributed by atoms with Gasteiger partial charge < -0.3 is 49.4 Å². The van der Waals surface area contributed by atoms with Crippen LogP contribution >= 0.6 is 11.6 Å². The van der Waals surface area contributed by atoms with E-state index in [4.69, 9.17) is 25.8 Å². The summed E-state index contributed by atoms with van der Waals surface area (Å²) in [4.78, 5) is 21.1. The van der Waals surface area contributed by atoms with Crippen molar-refractivity contribution in [1.29, 1.82) is 0 Å². The molecule has 6 rings (SSSR count). The van der Waals surface area contributed by atoms with Gasteiger partial charge >= 0.3 is 0 Å². The van der Waals surface area contributed by atoms with Crippen LogP contribution in [0.3, 0.4) is 0 Å². The lowest BCUT2D eigenvalue weighted by atomic mass is 9.92. The Labute approximate surface area is 265 Å². The molecule has 0 radical (unpaired) electrons. The second kappa shape index (κ2) is 12.8. The number of benzene rings is 3. The van der Waals surface area contributed by atoms with Crippen LogP contribution in [0.25, 0.3) is 21.7 Å². The molecule has 3 aromatic carbocycles. The standard InChI is InChI=1S/C33H38ClN3O8/c1-17(34)22-15-37(32(42)24-13-18-12-19(8-9-23(18)35-24)43-11-10-36(2)3)25-14-26(20-6-4-5-7-21(20)28(22)25)44-33-31(41)30(40)29(39)27(16-38)45-33/h4-9,12-14,17,22,27,29-31,33,35,38-41H,10-11,15-16H2,1-3H3/t17-,22+,27-,29-,30+,31-,33+/m1/s1. The first-order valence-corrected chi connectivity index (χ1v) is 15.4. The zero-order valence-electron chi connectivity index (χ0n) is 25.3.